The van der Waals surface area contributed by atoms with Gasteiger partial charge in [0.05, 0.1) is 17.3 Å². The minimum absolute atomic E-state index is 0.0958. The molecule has 0 bridgehead atoms. The van der Waals surface area contributed by atoms with E-state index in [1.807, 2.05) is 13.8 Å². The van der Waals surface area contributed by atoms with Crippen LogP contribution in [0.4, 0.5) is 37.1 Å². The lowest BCUT2D eigenvalue weighted by Crippen LogP contribution is -2.56. The number of aryl methyl sites for hydroxylation is 1. The lowest BCUT2D eigenvalue weighted by atomic mass is 9.87. The maximum atomic E-state index is 13.6. The molecule has 3 heterocycles. The second-order valence-electron chi connectivity index (χ2n) is 10.2. The first-order chi connectivity index (χ1) is 19.2. The zero-order valence-corrected chi connectivity index (χ0v) is 22.6. The van der Waals surface area contributed by atoms with E-state index in [1.165, 1.54) is 17.3 Å². The highest BCUT2D eigenvalue weighted by atomic mass is 19.4. The third-order valence-electron chi connectivity index (χ3n) is 7.41. The Balaban J connectivity index is 1.78. The summed E-state index contributed by atoms with van der Waals surface area (Å²) in [7, 11) is 1.74. The number of alkyl halides is 6. The quantitative estimate of drug-likeness (QED) is 0.314. The summed E-state index contributed by atoms with van der Waals surface area (Å²) in [4.78, 5) is 23.9. The van der Waals surface area contributed by atoms with Gasteiger partial charge in [0.25, 0.3) is 0 Å². The first kappa shape index (κ1) is 30.1. The standard InChI is InChI=1S/C27H30F6N6O2/c1-4-21-9-23(10-22(5-2)39(21)25(40)41)38(24-34-11-17(12-35-24)18-13-36-37(3)15-18)14-16-6-19(26(28,29)30)8-20(7-16)27(31,32)33/h6-8,11-13,15,21-23H,4-5,9-10,14H2,1-3H3,(H,40,41)/t21-,22+,23?. The summed E-state index contributed by atoms with van der Waals surface area (Å²) in [5.41, 5.74) is -1.68. The van der Waals surface area contributed by atoms with Gasteiger partial charge in [0.15, 0.2) is 0 Å². The number of nitrogens with zero attached hydrogens (tertiary/aromatic N) is 6. The maximum absolute atomic E-state index is 13.6. The zero-order chi connectivity index (χ0) is 30.1. The third kappa shape index (κ3) is 6.73. The van der Waals surface area contributed by atoms with Crippen molar-refractivity contribution in [3.63, 3.8) is 0 Å². The number of amides is 1. The molecule has 8 nitrogen and oxygen atoms in total. The Bertz CT molecular complexity index is 1310. The van der Waals surface area contributed by atoms with Crippen molar-refractivity contribution in [1.82, 2.24) is 24.6 Å². The Morgan fingerprint density at radius 1 is 0.927 bits per heavy atom. The van der Waals surface area contributed by atoms with Crippen LogP contribution in [-0.2, 0) is 25.9 Å². The van der Waals surface area contributed by atoms with E-state index in [-0.39, 0.29) is 24.1 Å². The van der Waals surface area contributed by atoms with E-state index in [4.69, 9.17) is 0 Å². The van der Waals surface area contributed by atoms with Gasteiger partial charge < -0.3 is 14.9 Å². The van der Waals surface area contributed by atoms with Gasteiger partial charge in [-0.2, -0.15) is 31.4 Å². The van der Waals surface area contributed by atoms with Crippen LogP contribution in [0.2, 0.25) is 0 Å². The molecule has 4 rings (SSSR count). The minimum atomic E-state index is -4.99. The molecule has 1 unspecified atom stereocenters. The summed E-state index contributed by atoms with van der Waals surface area (Å²) >= 11 is 0. The highest BCUT2D eigenvalue weighted by molar-refractivity contribution is 5.66. The van der Waals surface area contributed by atoms with E-state index in [9.17, 15) is 36.2 Å². The number of carbonyl (C=O) groups is 1. The lowest BCUT2D eigenvalue weighted by molar-refractivity contribution is -0.143. The number of hydrogen-bond acceptors (Lipinski definition) is 5. The predicted octanol–water partition coefficient (Wildman–Crippen LogP) is 6.62. The van der Waals surface area contributed by atoms with Gasteiger partial charge in [-0.15, -0.1) is 0 Å². The van der Waals surface area contributed by atoms with E-state index in [1.54, 1.807) is 29.0 Å². The Morgan fingerprint density at radius 3 is 1.88 bits per heavy atom. The molecule has 222 valence electrons. The molecule has 2 aromatic heterocycles. The first-order valence-electron chi connectivity index (χ1n) is 13.1. The molecule has 1 saturated heterocycles. The van der Waals surface area contributed by atoms with E-state index in [0.717, 1.165) is 5.56 Å². The summed E-state index contributed by atoms with van der Waals surface area (Å²) in [5, 5.41) is 13.9. The van der Waals surface area contributed by atoms with E-state index in [2.05, 4.69) is 15.1 Å². The van der Waals surface area contributed by atoms with Gasteiger partial charge in [-0.3, -0.25) is 4.68 Å². The van der Waals surface area contributed by atoms with Crippen LogP contribution >= 0.6 is 0 Å². The summed E-state index contributed by atoms with van der Waals surface area (Å²) < 4.78 is 83.2. The second-order valence-corrected chi connectivity index (χ2v) is 10.2. The molecular weight excluding hydrogens is 554 g/mol. The number of hydrogen-bond donors (Lipinski definition) is 1. The molecule has 1 aliphatic rings. The molecule has 0 aliphatic carbocycles. The molecule has 3 atom stereocenters. The van der Waals surface area contributed by atoms with Crippen LogP contribution in [0, 0.1) is 0 Å². The van der Waals surface area contributed by atoms with Crippen molar-refractivity contribution in [3.05, 3.63) is 59.7 Å². The minimum Gasteiger partial charge on any atom is -0.465 e. The summed E-state index contributed by atoms with van der Waals surface area (Å²) in [6.45, 7) is 3.33. The molecular formula is C27H30F6N6O2. The number of likely N-dealkylation sites (tertiary alicyclic amines) is 1. The summed E-state index contributed by atoms with van der Waals surface area (Å²) in [6, 6.07) is 0.244. The van der Waals surface area contributed by atoms with Crippen molar-refractivity contribution in [1.29, 1.82) is 0 Å². The molecule has 1 fully saturated rings. The molecule has 0 radical (unpaired) electrons. The van der Waals surface area contributed by atoms with E-state index >= 15 is 0 Å². The molecule has 0 saturated carbocycles. The highest BCUT2D eigenvalue weighted by Gasteiger charge is 2.41. The largest absolute Gasteiger partial charge is 0.465 e. The van der Waals surface area contributed by atoms with Crippen molar-refractivity contribution < 1.29 is 36.2 Å². The molecule has 14 heteroatoms. The fraction of sp³-hybridized carbons (Fsp3) is 0.481. The number of benzene rings is 1. The average Bonchev–Trinajstić information content (AvgIpc) is 3.36. The number of rotatable bonds is 7. The van der Waals surface area contributed by atoms with Crippen LogP contribution in [-0.4, -0.2) is 54.0 Å². The Labute approximate surface area is 232 Å². The third-order valence-corrected chi connectivity index (χ3v) is 7.41. The predicted molar refractivity (Wildman–Crippen MR) is 138 cm³/mol. The van der Waals surface area contributed by atoms with Crippen LogP contribution in [0.25, 0.3) is 11.1 Å². The van der Waals surface area contributed by atoms with Crippen molar-refractivity contribution in [2.24, 2.45) is 7.05 Å². The first-order valence-corrected chi connectivity index (χ1v) is 13.1. The number of anilines is 1. The fourth-order valence-corrected chi connectivity index (χ4v) is 5.40. The summed E-state index contributed by atoms with van der Waals surface area (Å²) in [6.07, 6.45) is -3.10. The van der Waals surface area contributed by atoms with Gasteiger partial charge in [0.1, 0.15) is 0 Å². The number of carboxylic acid groups (broad SMARTS) is 1. The van der Waals surface area contributed by atoms with Gasteiger partial charge >= 0.3 is 18.4 Å². The van der Waals surface area contributed by atoms with Crippen LogP contribution in [0.3, 0.4) is 0 Å². The molecule has 1 aliphatic heterocycles. The lowest BCUT2D eigenvalue weighted by Gasteiger charge is -2.46. The van der Waals surface area contributed by atoms with Crippen molar-refractivity contribution >= 4 is 12.0 Å². The van der Waals surface area contributed by atoms with Gasteiger partial charge in [0, 0.05) is 61.4 Å². The second kappa shape index (κ2) is 11.6. The number of halogens is 6. The number of aromatic nitrogens is 4. The molecule has 41 heavy (non-hydrogen) atoms. The highest BCUT2D eigenvalue weighted by Crippen LogP contribution is 2.38. The Kier molecular flexibility index (Phi) is 8.50. The monoisotopic (exact) mass is 584 g/mol. The Hall–Kier alpha value is -3.84. The van der Waals surface area contributed by atoms with E-state index in [0.29, 0.717) is 43.4 Å². The van der Waals surface area contributed by atoms with E-state index < -0.39 is 47.7 Å². The molecule has 3 aromatic rings. The van der Waals surface area contributed by atoms with Gasteiger partial charge in [-0.1, -0.05) is 13.8 Å². The molecule has 1 aromatic carbocycles. The van der Waals surface area contributed by atoms with Crippen LogP contribution < -0.4 is 4.90 Å². The Morgan fingerprint density at radius 2 is 1.46 bits per heavy atom. The van der Waals surface area contributed by atoms with Crippen LogP contribution in [0.15, 0.2) is 43.0 Å². The van der Waals surface area contributed by atoms with Crippen LogP contribution in [0.5, 0.6) is 0 Å². The summed E-state index contributed by atoms with van der Waals surface area (Å²) in [5.74, 6) is 0.113. The molecule has 1 amide bonds. The zero-order valence-electron chi connectivity index (χ0n) is 22.6. The van der Waals surface area contributed by atoms with Gasteiger partial charge in [-0.05, 0) is 49.4 Å². The van der Waals surface area contributed by atoms with Gasteiger partial charge in [-0.25, -0.2) is 14.8 Å². The average molecular weight is 585 g/mol. The molecule has 1 N–H and O–H groups in total. The van der Waals surface area contributed by atoms with Crippen molar-refractivity contribution in [2.75, 3.05) is 4.90 Å². The molecule has 0 spiro atoms. The maximum Gasteiger partial charge on any atom is 0.416 e. The fourth-order valence-electron chi connectivity index (χ4n) is 5.40. The SMILES string of the molecule is CC[C@@H]1CC(N(Cc2cc(C(F)(F)F)cc(C(F)(F)F)c2)c2ncc(-c3cnn(C)c3)cn2)C[C@H](CC)N1C(=O)O. The smallest absolute Gasteiger partial charge is 0.416 e. The van der Waals surface area contributed by atoms with Crippen molar-refractivity contribution in [2.45, 2.75) is 76.6 Å². The topological polar surface area (TPSA) is 87.4 Å². The number of piperidine rings is 1. The van der Waals surface area contributed by atoms with Crippen LogP contribution in [0.1, 0.15) is 56.2 Å². The van der Waals surface area contributed by atoms with Gasteiger partial charge in [0.2, 0.25) is 5.95 Å². The normalized spacial score (nSPS) is 19.8. The van der Waals surface area contributed by atoms with Crippen molar-refractivity contribution in [3.8, 4) is 11.1 Å².